The molecule has 20 heavy (non-hydrogen) atoms. The summed E-state index contributed by atoms with van der Waals surface area (Å²) >= 11 is 0. The van der Waals surface area contributed by atoms with Crippen LogP contribution in [0.25, 0.3) is 0 Å². The largest absolute Gasteiger partial charge is 0.409 e. The molecule has 0 aromatic rings. The van der Waals surface area contributed by atoms with Gasteiger partial charge in [-0.3, -0.25) is 4.79 Å². The van der Waals surface area contributed by atoms with E-state index in [1.54, 1.807) is 0 Å². The Balaban J connectivity index is 2.23. The number of rotatable bonds is 8. The van der Waals surface area contributed by atoms with Gasteiger partial charge in [0.25, 0.3) is 0 Å². The van der Waals surface area contributed by atoms with E-state index in [4.69, 9.17) is 15.7 Å². The molecule has 1 unspecified atom stereocenters. The van der Waals surface area contributed by atoms with Crippen LogP contribution in [0.3, 0.4) is 0 Å². The highest BCUT2D eigenvalue weighted by Gasteiger charge is 2.22. The summed E-state index contributed by atoms with van der Waals surface area (Å²) in [5.74, 6) is -0.786. The van der Waals surface area contributed by atoms with Crippen LogP contribution in [0.5, 0.6) is 0 Å². The molecule has 6 heteroatoms. The molecule has 1 saturated carbocycles. The van der Waals surface area contributed by atoms with Crippen LogP contribution in [-0.2, 0) is 9.53 Å². The highest BCUT2D eigenvalue weighted by molar-refractivity contribution is 6.01. The van der Waals surface area contributed by atoms with E-state index in [1.807, 2.05) is 6.92 Å². The van der Waals surface area contributed by atoms with Crippen molar-refractivity contribution in [3.63, 3.8) is 0 Å². The first-order chi connectivity index (χ1) is 9.69. The number of nitrogens with one attached hydrogen (secondary N) is 1. The smallest absolute Gasteiger partial charge is 0.230 e. The molecule has 0 bridgehead atoms. The predicted octanol–water partition coefficient (Wildman–Crippen LogP) is 1.61. The highest BCUT2D eigenvalue weighted by atomic mass is 16.5. The lowest BCUT2D eigenvalue weighted by Crippen LogP contribution is -2.40. The van der Waals surface area contributed by atoms with Gasteiger partial charge in [0, 0.05) is 6.54 Å². The zero-order chi connectivity index (χ0) is 14.8. The van der Waals surface area contributed by atoms with Gasteiger partial charge in [0.05, 0.1) is 18.6 Å². The van der Waals surface area contributed by atoms with E-state index in [2.05, 4.69) is 10.5 Å². The monoisotopic (exact) mass is 285 g/mol. The van der Waals surface area contributed by atoms with Crippen molar-refractivity contribution in [3.8, 4) is 0 Å². The Morgan fingerprint density at radius 3 is 2.75 bits per heavy atom. The third kappa shape index (κ3) is 5.77. The minimum absolute atomic E-state index is 0.0300. The van der Waals surface area contributed by atoms with Crippen molar-refractivity contribution in [2.75, 3.05) is 13.2 Å². The maximum Gasteiger partial charge on any atom is 0.230 e. The van der Waals surface area contributed by atoms with Crippen molar-refractivity contribution in [2.24, 2.45) is 16.8 Å². The van der Waals surface area contributed by atoms with Crippen molar-refractivity contribution < 1.29 is 14.7 Å². The summed E-state index contributed by atoms with van der Waals surface area (Å²) in [6.07, 6.45) is 7.73. The molecule has 1 aliphatic carbocycles. The SMILES string of the molecule is CCCC(C(=O)NCCOC1CCCCC1)C(N)=NO. The van der Waals surface area contributed by atoms with E-state index >= 15 is 0 Å². The molecule has 0 aromatic heterocycles. The van der Waals surface area contributed by atoms with Crippen molar-refractivity contribution in [1.82, 2.24) is 5.32 Å². The topological polar surface area (TPSA) is 96.9 Å². The maximum absolute atomic E-state index is 11.9. The van der Waals surface area contributed by atoms with Crippen LogP contribution in [0.1, 0.15) is 51.9 Å². The Kier molecular flexibility index (Phi) is 8.02. The normalized spacial score (nSPS) is 18.8. The summed E-state index contributed by atoms with van der Waals surface area (Å²) in [6, 6.07) is 0. The maximum atomic E-state index is 11.9. The van der Waals surface area contributed by atoms with Crippen molar-refractivity contribution >= 4 is 11.7 Å². The summed E-state index contributed by atoms with van der Waals surface area (Å²) in [7, 11) is 0. The van der Waals surface area contributed by atoms with Crippen LogP contribution in [0.4, 0.5) is 0 Å². The Morgan fingerprint density at radius 2 is 2.15 bits per heavy atom. The van der Waals surface area contributed by atoms with Gasteiger partial charge in [-0.25, -0.2) is 0 Å². The highest BCUT2D eigenvalue weighted by Crippen LogP contribution is 2.19. The first kappa shape index (κ1) is 16.8. The molecule has 1 fully saturated rings. The third-order valence-electron chi connectivity index (χ3n) is 3.67. The number of nitrogens with zero attached hydrogens (tertiary/aromatic N) is 1. The fourth-order valence-corrected chi connectivity index (χ4v) is 2.53. The lowest BCUT2D eigenvalue weighted by molar-refractivity contribution is -0.123. The fourth-order valence-electron chi connectivity index (χ4n) is 2.53. The molecule has 116 valence electrons. The lowest BCUT2D eigenvalue weighted by atomic mass is 9.98. The number of amides is 1. The molecule has 0 spiro atoms. The standard InChI is InChI=1S/C14H27N3O3/c1-2-6-12(13(15)17-19)14(18)16-9-10-20-11-7-4-3-5-8-11/h11-12,19H,2-10H2,1H3,(H2,15,17)(H,16,18). The van der Waals surface area contributed by atoms with Gasteiger partial charge >= 0.3 is 0 Å². The Hall–Kier alpha value is -1.30. The number of carbonyl (C=O) groups excluding carboxylic acids is 1. The number of carbonyl (C=O) groups is 1. The van der Waals surface area contributed by atoms with E-state index in [9.17, 15) is 4.79 Å². The van der Waals surface area contributed by atoms with E-state index in [1.165, 1.54) is 19.3 Å². The summed E-state index contributed by atoms with van der Waals surface area (Å²) in [5, 5.41) is 14.4. The average molecular weight is 285 g/mol. The second-order valence-electron chi connectivity index (χ2n) is 5.29. The zero-order valence-corrected chi connectivity index (χ0v) is 12.3. The molecule has 1 aliphatic rings. The number of nitrogens with two attached hydrogens (primary N) is 1. The molecule has 0 saturated heterocycles. The zero-order valence-electron chi connectivity index (χ0n) is 12.3. The van der Waals surface area contributed by atoms with Crippen LogP contribution in [-0.4, -0.2) is 36.2 Å². The quantitative estimate of drug-likeness (QED) is 0.207. The van der Waals surface area contributed by atoms with Gasteiger partial charge in [-0.05, 0) is 19.3 Å². The third-order valence-corrected chi connectivity index (χ3v) is 3.67. The number of oxime groups is 1. The Bertz CT molecular complexity index is 315. The minimum Gasteiger partial charge on any atom is -0.409 e. The average Bonchev–Trinajstić information content (AvgIpc) is 2.49. The second kappa shape index (κ2) is 9.58. The van der Waals surface area contributed by atoms with Crippen LogP contribution >= 0.6 is 0 Å². The molecule has 1 atom stereocenters. The molecule has 1 amide bonds. The molecule has 0 radical (unpaired) electrons. The van der Waals surface area contributed by atoms with Crippen LogP contribution < -0.4 is 11.1 Å². The summed E-state index contributed by atoms with van der Waals surface area (Å²) in [5.41, 5.74) is 5.53. The Morgan fingerprint density at radius 1 is 1.45 bits per heavy atom. The van der Waals surface area contributed by atoms with E-state index in [0.29, 0.717) is 25.7 Å². The molecule has 6 nitrogen and oxygen atoms in total. The molecule has 0 aliphatic heterocycles. The van der Waals surface area contributed by atoms with Crippen LogP contribution in [0, 0.1) is 5.92 Å². The first-order valence-electron chi connectivity index (χ1n) is 7.55. The molecule has 0 aromatic carbocycles. The van der Waals surface area contributed by atoms with Gasteiger partial charge in [0.2, 0.25) is 5.91 Å². The fraction of sp³-hybridized carbons (Fsp3) is 0.857. The van der Waals surface area contributed by atoms with Crippen molar-refractivity contribution in [1.29, 1.82) is 0 Å². The van der Waals surface area contributed by atoms with E-state index < -0.39 is 5.92 Å². The molecule has 4 N–H and O–H groups in total. The van der Waals surface area contributed by atoms with Gasteiger partial charge in [-0.1, -0.05) is 37.8 Å². The van der Waals surface area contributed by atoms with Gasteiger partial charge in [-0.15, -0.1) is 0 Å². The summed E-state index contributed by atoms with van der Waals surface area (Å²) < 4.78 is 5.73. The Labute approximate surface area is 120 Å². The van der Waals surface area contributed by atoms with Crippen molar-refractivity contribution in [3.05, 3.63) is 0 Å². The number of hydrogen-bond acceptors (Lipinski definition) is 4. The number of amidine groups is 1. The van der Waals surface area contributed by atoms with Crippen molar-refractivity contribution in [2.45, 2.75) is 58.0 Å². The van der Waals surface area contributed by atoms with Gasteiger partial charge in [0.1, 0.15) is 0 Å². The molecule has 1 rings (SSSR count). The molecule has 0 heterocycles. The first-order valence-corrected chi connectivity index (χ1v) is 7.55. The second-order valence-corrected chi connectivity index (χ2v) is 5.29. The minimum atomic E-state index is -0.556. The molecular weight excluding hydrogens is 258 g/mol. The molecular formula is C14H27N3O3. The van der Waals surface area contributed by atoms with Gasteiger partial charge < -0.3 is 21.0 Å². The summed E-state index contributed by atoms with van der Waals surface area (Å²) in [4.78, 5) is 11.9. The van der Waals surface area contributed by atoms with Gasteiger partial charge in [-0.2, -0.15) is 0 Å². The lowest BCUT2D eigenvalue weighted by Gasteiger charge is -2.22. The van der Waals surface area contributed by atoms with E-state index in [0.717, 1.165) is 19.3 Å². The number of hydrogen-bond donors (Lipinski definition) is 3. The number of ether oxygens (including phenoxy) is 1. The summed E-state index contributed by atoms with van der Waals surface area (Å²) in [6.45, 7) is 2.94. The van der Waals surface area contributed by atoms with Crippen LogP contribution in [0.15, 0.2) is 5.16 Å². The van der Waals surface area contributed by atoms with Gasteiger partial charge in [0.15, 0.2) is 5.84 Å². The van der Waals surface area contributed by atoms with E-state index in [-0.39, 0.29) is 11.7 Å². The predicted molar refractivity (Wildman–Crippen MR) is 77.6 cm³/mol. The van der Waals surface area contributed by atoms with Crippen LogP contribution in [0.2, 0.25) is 0 Å².